The van der Waals surface area contributed by atoms with Crippen LogP contribution in [-0.4, -0.2) is 88.1 Å². The molecule has 4 atom stereocenters. The third kappa shape index (κ3) is 19.6. The van der Waals surface area contributed by atoms with E-state index in [0.29, 0.717) is 38.5 Å². The van der Waals surface area contributed by atoms with Gasteiger partial charge in [0.15, 0.2) is 0 Å². The number of aliphatic hydroxyl groups excluding tert-OH is 1. The van der Waals surface area contributed by atoms with Crippen molar-refractivity contribution in [1.29, 1.82) is 0 Å². The van der Waals surface area contributed by atoms with Crippen molar-refractivity contribution in [3.05, 3.63) is 0 Å². The van der Waals surface area contributed by atoms with E-state index in [2.05, 4.69) is 24.5 Å². The van der Waals surface area contributed by atoms with Crippen LogP contribution < -0.4 is 10.6 Å². The Labute approximate surface area is 265 Å². The molecule has 0 bridgehead atoms. The molecule has 0 saturated carbocycles. The predicted octanol–water partition coefficient (Wildman–Crippen LogP) is 2.59. The molecule has 0 spiro atoms. The van der Waals surface area contributed by atoms with Gasteiger partial charge in [-0.1, -0.05) is 33.6 Å². The zero-order valence-corrected chi connectivity index (χ0v) is 28.2. The van der Waals surface area contributed by atoms with Crippen LogP contribution in [0.25, 0.3) is 0 Å². The molecule has 0 aliphatic carbocycles. The average Bonchev–Trinajstić information content (AvgIpc) is 3.21. The van der Waals surface area contributed by atoms with Crippen LogP contribution >= 0.6 is 0 Å². The van der Waals surface area contributed by atoms with Gasteiger partial charge in [-0.3, -0.25) is 9.59 Å². The van der Waals surface area contributed by atoms with Crippen LogP contribution in [0.15, 0.2) is 0 Å². The smallest absolute Gasteiger partial charge is 0.407 e. The fourth-order valence-electron chi connectivity index (χ4n) is 3.87. The van der Waals surface area contributed by atoms with E-state index in [-0.39, 0.29) is 88.2 Å². The average molecular weight is 753 g/mol. The molecule has 1 aliphatic rings. The third-order valence-electron chi connectivity index (χ3n) is 5.95. The molecular formula is C26H47AcBN2O8. The summed E-state index contributed by atoms with van der Waals surface area (Å²) < 4.78 is 21.3. The van der Waals surface area contributed by atoms with Gasteiger partial charge in [-0.15, -0.1) is 0 Å². The second kappa shape index (κ2) is 23.3. The number of carbonyl (C=O) groups is 3. The molecular weight excluding hydrogens is 706 g/mol. The van der Waals surface area contributed by atoms with Crippen molar-refractivity contribution < 1.29 is 82.5 Å². The summed E-state index contributed by atoms with van der Waals surface area (Å²) in [5, 5.41) is 15.3. The van der Waals surface area contributed by atoms with Crippen LogP contribution in [-0.2, 0) is 28.5 Å². The minimum atomic E-state index is -0.833. The van der Waals surface area contributed by atoms with Crippen LogP contribution in [0.5, 0.6) is 0 Å². The maximum absolute atomic E-state index is 12.0. The molecule has 3 N–H and O–H groups in total. The molecule has 215 valence electrons. The number of carbonyl (C=O) groups excluding carboxylic acids is 3. The van der Waals surface area contributed by atoms with Gasteiger partial charge >= 0.3 is 12.1 Å². The van der Waals surface area contributed by atoms with E-state index < -0.39 is 24.2 Å². The number of unbranched alkanes of at least 4 members (excludes halogenated alkanes) is 3. The topological polar surface area (TPSA) is 132 Å². The van der Waals surface area contributed by atoms with Gasteiger partial charge in [-0.25, -0.2) is 4.79 Å². The summed E-state index contributed by atoms with van der Waals surface area (Å²) in [5.74, 6) is 0.0289. The molecule has 1 aliphatic heterocycles. The number of nitrogens with one attached hydrogen (secondary N) is 2. The maximum Gasteiger partial charge on any atom is 0.407 e. The SMILES string of the molecule is [Ac].[B]C1CC(OC(=O)CCC(=O)NCCCCCCNC(=O)OCC(O)COCCCC(C)C)C(CC)O1. The number of ether oxygens (including phenoxy) is 4. The predicted molar refractivity (Wildman–Crippen MR) is 140 cm³/mol. The summed E-state index contributed by atoms with van der Waals surface area (Å²) >= 11 is 0. The summed E-state index contributed by atoms with van der Waals surface area (Å²) in [5.41, 5.74) is 0. The van der Waals surface area contributed by atoms with Crippen LogP contribution in [0.2, 0.25) is 0 Å². The van der Waals surface area contributed by atoms with E-state index in [1.165, 1.54) is 0 Å². The second-order valence-corrected chi connectivity index (χ2v) is 9.94. The first-order valence-electron chi connectivity index (χ1n) is 13.7. The van der Waals surface area contributed by atoms with Crippen molar-refractivity contribution in [2.45, 2.75) is 109 Å². The zero-order chi connectivity index (χ0) is 27.5. The molecule has 0 aromatic heterocycles. The Hall–Kier alpha value is -0.404. The summed E-state index contributed by atoms with van der Waals surface area (Å²) in [7, 11) is 5.74. The largest absolute Gasteiger partial charge is 0.460 e. The van der Waals surface area contributed by atoms with E-state index in [1.807, 2.05) is 6.92 Å². The monoisotopic (exact) mass is 753 g/mol. The molecule has 1 heterocycles. The van der Waals surface area contributed by atoms with Gasteiger partial charge in [0.2, 0.25) is 5.91 Å². The Morgan fingerprint density at radius 2 is 1.71 bits per heavy atom. The Balaban J connectivity index is 0.0000137. The minimum absolute atomic E-state index is 0. The third-order valence-corrected chi connectivity index (χ3v) is 5.95. The molecule has 1 rings (SSSR count). The summed E-state index contributed by atoms with van der Waals surface area (Å²) in [6.07, 6.45) is 4.77. The molecule has 3 radical (unpaired) electrons. The first-order chi connectivity index (χ1) is 17.7. The molecule has 2 amide bonds. The van der Waals surface area contributed by atoms with E-state index >= 15 is 0 Å². The molecule has 38 heavy (non-hydrogen) atoms. The van der Waals surface area contributed by atoms with Gasteiger partial charge in [0, 0.05) is 82.6 Å². The second-order valence-electron chi connectivity index (χ2n) is 9.94. The van der Waals surface area contributed by atoms with Gasteiger partial charge in [0.25, 0.3) is 0 Å². The molecule has 1 saturated heterocycles. The molecule has 0 aromatic carbocycles. The molecule has 0 aromatic rings. The number of hydrogen-bond acceptors (Lipinski definition) is 8. The van der Waals surface area contributed by atoms with Crippen LogP contribution in [0.4, 0.5) is 4.79 Å². The quantitative estimate of drug-likeness (QED) is 0.0984. The van der Waals surface area contributed by atoms with Gasteiger partial charge in [-0.05, 0) is 38.0 Å². The number of alkyl carbamates (subject to hydrolysis) is 1. The first kappa shape index (κ1) is 37.6. The van der Waals surface area contributed by atoms with Crippen molar-refractivity contribution in [1.82, 2.24) is 10.6 Å². The van der Waals surface area contributed by atoms with E-state index in [1.54, 1.807) is 0 Å². The first-order valence-corrected chi connectivity index (χ1v) is 13.7. The normalized spacial score (nSPS) is 19.4. The van der Waals surface area contributed by atoms with Crippen molar-refractivity contribution in [2.75, 3.05) is 32.9 Å². The van der Waals surface area contributed by atoms with Crippen LogP contribution in [0.1, 0.15) is 85.0 Å². The molecule has 12 heteroatoms. The Morgan fingerprint density at radius 3 is 2.37 bits per heavy atom. The number of amides is 2. The molecule has 4 unspecified atom stereocenters. The fourth-order valence-corrected chi connectivity index (χ4v) is 3.87. The van der Waals surface area contributed by atoms with Gasteiger partial charge in [0.1, 0.15) is 26.7 Å². The van der Waals surface area contributed by atoms with E-state index in [9.17, 15) is 19.5 Å². The number of aliphatic hydroxyl groups is 1. The van der Waals surface area contributed by atoms with Gasteiger partial charge in [0.05, 0.1) is 19.1 Å². The number of rotatable bonds is 20. The van der Waals surface area contributed by atoms with E-state index in [0.717, 1.165) is 38.5 Å². The van der Waals surface area contributed by atoms with Gasteiger partial charge in [-0.2, -0.15) is 0 Å². The van der Waals surface area contributed by atoms with Crippen molar-refractivity contribution in [3.63, 3.8) is 0 Å². The van der Waals surface area contributed by atoms with Crippen LogP contribution in [0, 0.1) is 50.0 Å². The summed E-state index contributed by atoms with van der Waals surface area (Å²) in [6, 6.07) is -0.413. The van der Waals surface area contributed by atoms with Crippen molar-refractivity contribution >= 4 is 25.8 Å². The fraction of sp³-hybridized carbons (Fsp3) is 0.885. The molecule has 10 nitrogen and oxygen atoms in total. The minimum Gasteiger partial charge on any atom is -0.460 e. The number of esters is 1. The molecule has 1 fully saturated rings. The summed E-state index contributed by atoms with van der Waals surface area (Å²) in [4.78, 5) is 35.6. The Morgan fingerprint density at radius 1 is 1.03 bits per heavy atom. The van der Waals surface area contributed by atoms with E-state index in [4.69, 9.17) is 26.8 Å². The van der Waals surface area contributed by atoms with Gasteiger partial charge < -0.3 is 34.7 Å². The Kier molecular flexibility index (Phi) is 23.1. The summed E-state index contributed by atoms with van der Waals surface area (Å²) in [6.45, 7) is 7.90. The van der Waals surface area contributed by atoms with Crippen molar-refractivity contribution in [3.8, 4) is 0 Å². The Bertz CT molecular complexity index is 659. The number of hydrogen-bond donors (Lipinski definition) is 3. The van der Waals surface area contributed by atoms with Crippen molar-refractivity contribution in [2.24, 2.45) is 5.92 Å². The maximum atomic E-state index is 12.0. The zero-order valence-electron chi connectivity index (χ0n) is 23.5. The van der Waals surface area contributed by atoms with Crippen LogP contribution in [0.3, 0.4) is 0 Å². The standard InChI is InChI=1S/C26H47BN2O8.Ac/c1-4-21-22(16-23(27)36-21)37-25(32)12-11-24(31)28-13-7-5-6-8-14-29-26(33)35-18-20(30)17-34-15-9-10-19(2)3;/h19-23,30H,4-18H2,1-3H3,(H,28,31)(H,29,33);.